The lowest BCUT2D eigenvalue weighted by molar-refractivity contribution is -0.144. The monoisotopic (exact) mass is 494 g/mol. The zero-order chi connectivity index (χ0) is 25.5. The van der Waals surface area contributed by atoms with Crippen LogP contribution in [0.4, 0.5) is 0 Å². The van der Waals surface area contributed by atoms with Crippen LogP contribution in [-0.4, -0.2) is 67.4 Å². The van der Waals surface area contributed by atoms with E-state index in [2.05, 4.69) is 34.1 Å². The van der Waals surface area contributed by atoms with Crippen LogP contribution in [0.5, 0.6) is 5.75 Å². The molecule has 0 unspecified atom stereocenters. The minimum absolute atomic E-state index is 0.0765. The predicted octanol–water partition coefficient (Wildman–Crippen LogP) is 3.25. The van der Waals surface area contributed by atoms with Gasteiger partial charge >= 0.3 is 11.6 Å². The second-order valence-electron chi connectivity index (χ2n) is 9.24. The normalized spacial score (nSPS) is 14.8. The topological polar surface area (TPSA) is 92.5 Å². The summed E-state index contributed by atoms with van der Waals surface area (Å²) in [5.74, 6) is -0.272. The van der Waals surface area contributed by atoms with Gasteiger partial charge in [-0.25, -0.2) is 4.79 Å². The van der Waals surface area contributed by atoms with Crippen molar-refractivity contribution >= 4 is 16.9 Å². The molecule has 0 saturated carbocycles. The molecule has 0 atom stereocenters. The maximum absolute atomic E-state index is 12.2. The van der Waals surface area contributed by atoms with E-state index in [-0.39, 0.29) is 24.7 Å². The number of phenols is 1. The third-order valence-corrected chi connectivity index (χ3v) is 6.63. The summed E-state index contributed by atoms with van der Waals surface area (Å²) in [6, 6.07) is 13.7. The first kappa shape index (κ1) is 25.9. The van der Waals surface area contributed by atoms with Crippen LogP contribution in [0.2, 0.25) is 0 Å². The van der Waals surface area contributed by atoms with Gasteiger partial charge in [0.15, 0.2) is 0 Å². The van der Waals surface area contributed by atoms with Crippen molar-refractivity contribution in [1.29, 1.82) is 0 Å². The Labute approximate surface area is 211 Å². The van der Waals surface area contributed by atoms with Crippen molar-refractivity contribution in [2.45, 2.75) is 32.9 Å². The van der Waals surface area contributed by atoms with Gasteiger partial charge in [-0.15, -0.1) is 0 Å². The van der Waals surface area contributed by atoms with Crippen LogP contribution in [-0.2, 0) is 33.8 Å². The van der Waals surface area contributed by atoms with Crippen molar-refractivity contribution in [3.8, 4) is 5.75 Å². The highest BCUT2D eigenvalue weighted by molar-refractivity contribution is 5.86. The molecule has 1 aliphatic rings. The summed E-state index contributed by atoms with van der Waals surface area (Å²) < 4.78 is 15.6. The second-order valence-corrected chi connectivity index (χ2v) is 9.24. The number of rotatable bonds is 10. The molecule has 36 heavy (non-hydrogen) atoms. The Balaban J connectivity index is 1.50. The van der Waals surface area contributed by atoms with Crippen molar-refractivity contribution in [3.05, 3.63) is 75.1 Å². The number of methoxy groups -OCH3 is 1. The van der Waals surface area contributed by atoms with Gasteiger partial charge in [0.1, 0.15) is 17.9 Å². The molecule has 8 nitrogen and oxygen atoms in total. The Morgan fingerprint density at radius 2 is 1.72 bits per heavy atom. The molecule has 3 aromatic rings. The van der Waals surface area contributed by atoms with Crippen LogP contribution >= 0.6 is 0 Å². The molecule has 8 heteroatoms. The van der Waals surface area contributed by atoms with E-state index in [1.54, 1.807) is 7.11 Å². The number of hydrogen-bond acceptors (Lipinski definition) is 8. The van der Waals surface area contributed by atoms with E-state index in [1.807, 2.05) is 19.1 Å². The van der Waals surface area contributed by atoms with Crippen molar-refractivity contribution in [3.63, 3.8) is 0 Å². The van der Waals surface area contributed by atoms with Gasteiger partial charge in [-0.2, -0.15) is 0 Å². The molecule has 0 spiro atoms. The first-order chi connectivity index (χ1) is 17.4. The Hall–Kier alpha value is -3.20. The highest BCUT2D eigenvalue weighted by Crippen LogP contribution is 2.34. The Morgan fingerprint density at radius 1 is 1.03 bits per heavy atom. The average molecular weight is 495 g/mol. The predicted molar refractivity (Wildman–Crippen MR) is 137 cm³/mol. The molecule has 192 valence electrons. The van der Waals surface area contributed by atoms with Gasteiger partial charge in [-0.1, -0.05) is 30.3 Å². The first-order valence-electron chi connectivity index (χ1n) is 12.4. The molecule has 2 heterocycles. The number of benzene rings is 2. The van der Waals surface area contributed by atoms with Gasteiger partial charge in [-0.05, 0) is 36.1 Å². The lowest BCUT2D eigenvalue weighted by atomic mass is 9.98. The van der Waals surface area contributed by atoms with Crippen molar-refractivity contribution in [2.24, 2.45) is 0 Å². The molecule has 2 aromatic carbocycles. The van der Waals surface area contributed by atoms with Gasteiger partial charge in [0, 0.05) is 64.3 Å². The molecule has 1 fully saturated rings. The van der Waals surface area contributed by atoms with Crippen LogP contribution in [0.3, 0.4) is 0 Å². The lowest BCUT2D eigenvalue weighted by Gasteiger charge is -2.35. The highest BCUT2D eigenvalue weighted by atomic mass is 16.6. The van der Waals surface area contributed by atoms with E-state index in [9.17, 15) is 14.7 Å². The summed E-state index contributed by atoms with van der Waals surface area (Å²) in [7, 11) is 1.55. The molecule has 0 radical (unpaired) electrons. The first-order valence-corrected chi connectivity index (χ1v) is 12.4. The number of carbonyl (C=O) groups excluding carboxylic acids is 1. The van der Waals surface area contributed by atoms with E-state index in [0.29, 0.717) is 36.3 Å². The minimum atomic E-state index is -0.442. The maximum atomic E-state index is 12.2. The lowest BCUT2D eigenvalue weighted by Crippen LogP contribution is -2.45. The second kappa shape index (κ2) is 12.2. The fourth-order valence-electron chi connectivity index (χ4n) is 4.62. The minimum Gasteiger partial charge on any atom is -0.507 e. The number of aryl methyl sites for hydroxylation is 2. The smallest absolute Gasteiger partial charge is 0.336 e. The number of phenolic OH excluding ortho intramolecular Hbond substituents is 1. The third kappa shape index (κ3) is 6.51. The zero-order valence-electron chi connectivity index (χ0n) is 21.0. The van der Waals surface area contributed by atoms with Gasteiger partial charge in [0.2, 0.25) is 0 Å². The SMILES string of the molecule is COCCOC(=O)CCc1cc2c(C)cc(=O)oc2c(CN2CCN(Cc3ccccc3)CC2)c1O. The van der Waals surface area contributed by atoms with Crippen molar-refractivity contribution < 1.29 is 23.8 Å². The maximum Gasteiger partial charge on any atom is 0.336 e. The van der Waals surface area contributed by atoms with Gasteiger partial charge in [0.05, 0.1) is 12.2 Å². The zero-order valence-corrected chi connectivity index (χ0v) is 21.0. The summed E-state index contributed by atoms with van der Waals surface area (Å²) in [5, 5.41) is 12.0. The number of nitrogens with zero attached hydrogens (tertiary/aromatic N) is 2. The summed E-state index contributed by atoms with van der Waals surface area (Å²) in [5.41, 5.74) is 3.27. The molecule has 4 rings (SSSR count). The Bertz CT molecular complexity index is 1230. The summed E-state index contributed by atoms with van der Waals surface area (Å²) >= 11 is 0. The van der Waals surface area contributed by atoms with Crippen LogP contribution in [0.25, 0.3) is 11.0 Å². The largest absolute Gasteiger partial charge is 0.507 e. The van der Waals surface area contributed by atoms with Gasteiger partial charge in [0.25, 0.3) is 0 Å². The molecule has 1 saturated heterocycles. The summed E-state index contributed by atoms with van der Waals surface area (Å²) in [4.78, 5) is 29.0. The number of esters is 1. The summed E-state index contributed by atoms with van der Waals surface area (Å²) in [6.07, 6.45) is 0.459. The van der Waals surface area contributed by atoms with Crippen LogP contribution in [0.15, 0.2) is 51.7 Å². The number of fused-ring (bicyclic) bond motifs is 1. The Kier molecular flexibility index (Phi) is 8.74. The fourth-order valence-corrected chi connectivity index (χ4v) is 4.62. The molecular weight excluding hydrogens is 460 g/mol. The molecule has 1 aliphatic heterocycles. The number of aromatic hydroxyl groups is 1. The fraction of sp³-hybridized carbons (Fsp3) is 0.429. The molecule has 1 aromatic heterocycles. The van der Waals surface area contributed by atoms with Crippen LogP contribution < -0.4 is 5.63 Å². The van der Waals surface area contributed by atoms with E-state index in [0.717, 1.165) is 43.7 Å². The van der Waals surface area contributed by atoms with Crippen molar-refractivity contribution in [1.82, 2.24) is 9.80 Å². The van der Waals surface area contributed by atoms with E-state index < -0.39 is 5.63 Å². The quantitative estimate of drug-likeness (QED) is 0.261. The highest BCUT2D eigenvalue weighted by Gasteiger charge is 2.23. The number of hydrogen-bond donors (Lipinski definition) is 1. The van der Waals surface area contributed by atoms with Crippen molar-refractivity contribution in [2.75, 3.05) is 46.5 Å². The van der Waals surface area contributed by atoms with Gasteiger partial charge < -0.3 is 19.0 Å². The number of piperazine rings is 1. The van der Waals surface area contributed by atoms with E-state index in [1.165, 1.54) is 11.6 Å². The molecule has 0 aliphatic carbocycles. The third-order valence-electron chi connectivity index (χ3n) is 6.63. The summed E-state index contributed by atoms with van der Waals surface area (Å²) in [6.45, 7) is 7.24. The van der Waals surface area contributed by atoms with Crippen LogP contribution in [0.1, 0.15) is 28.7 Å². The van der Waals surface area contributed by atoms with Gasteiger partial charge in [-0.3, -0.25) is 14.6 Å². The molecule has 0 amide bonds. The number of ether oxygens (including phenoxy) is 2. The van der Waals surface area contributed by atoms with E-state index >= 15 is 0 Å². The number of carbonyl (C=O) groups is 1. The molecule has 1 N–H and O–H groups in total. The van der Waals surface area contributed by atoms with Crippen LogP contribution in [0, 0.1) is 6.92 Å². The molecular formula is C28H34N2O6. The standard InChI is InChI=1S/C28H34N2O6/c1-20-16-26(32)36-28-23(20)17-22(8-9-25(31)35-15-14-34-2)27(33)24(28)19-30-12-10-29(11-13-30)18-21-6-4-3-5-7-21/h3-7,16-17,33H,8-15,18-19H2,1-2H3. The van der Waals surface area contributed by atoms with E-state index in [4.69, 9.17) is 13.9 Å². The Morgan fingerprint density at radius 3 is 2.42 bits per heavy atom. The molecule has 0 bridgehead atoms. The average Bonchev–Trinajstić information content (AvgIpc) is 2.87.